The van der Waals surface area contributed by atoms with Crippen LogP contribution in [0.15, 0.2) is 18.3 Å². The van der Waals surface area contributed by atoms with Crippen molar-refractivity contribution < 1.29 is 13.2 Å². The fourth-order valence-electron chi connectivity index (χ4n) is 2.31. The standard InChI is InChI=1S/C12H13F3N4/c13-12(14,15)9-3-4-10-17-11(18-19(10)7-9)8-2-1-5-16-6-8/h3-4,7-8,16H,1-2,5-6H2. The molecule has 1 N–H and O–H groups in total. The van der Waals surface area contributed by atoms with E-state index in [0.717, 1.165) is 38.2 Å². The molecule has 7 heteroatoms. The Bertz CT molecular complexity index is 584. The third-order valence-electron chi connectivity index (χ3n) is 3.34. The number of hydrogen-bond acceptors (Lipinski definition) is 3. The lowest BCUT2D eigenvalue weighted by molar-refractivity contribution is -0.137. The fourth-order valence-corrected chi connectivity index (χ4v) is 2.31. The smallest absolute Gasteiger partial charge is 0.316 e. The molecule has 4 nitrogen and oxygen atoms in total. The van der Waals surface area contributed by atoms with Crippen LogP contribution < -0.4 is 5.32 Å². The van der Waals surface area contributed by atoms with E-state index in [1.165, 1.54) is 10.6 Å². The number of halogens is 3. The molecule has 19 heavy (non-hydrogen) atoms. The lowest BCUT2D eigenvalue weighted by Crippen LogP contribution is -2.28. The van der Waals surface area contributed by atoms with E-state index in [0.29, 0.717) is 11.5 Å². The molecule has 0 aliphatic carbocycles. The molecule has 0 saturated carbocycles. The summed E-state index contributed by atoms with van der Waals surface area (Å²) in [5.41, 5.74) is -0.258. The summed E-state index contributed by atoms with van der Waals surface area (Å²) in [6.07, 6.45) is -1.36. The number of nitrogens with zero attached hydrogens (tertiary/aromatic N) is 3. The molecule has 1 aliphatic heterocycles. The normalized spacial score (nSPS) is 20.9. The highest BCUT2D eigenvalue weighted by molar-refractivity contribution is 5.39. The van der Waals surface area contributed by atoms with Crippen molar-refractivity contribution >= 4 is 5.65 Å². The van der Waals surface area contributed by atoms with Crippen LogP contribution in [0, 0.1) is 0 Å². The van der Waals surface area contributed by atoms with Gasteiger partial charge in [0.25, 0.3) is 0 Å². The highest BCUT2D eigenvalue weighted by Crippen LogP contribution is 2.29. The molecule has 0 amide bonds. The lowest BCUT2D eigenvalue weighted by atomic mass is 9.99. The zero-order chi connectivity index (χ0) is 13.5. The molecule has 1 unspecified atom stereocenters. The van der Waals surface area contributed by atoms with Crippen LogP contribution in [0.5, 0.6) is 0 Å². The molecule has 102 valence electrons. The summed E-state index contributed by atoms with van der Waals surface area (Å²) in [5.74, 6) is 0.800. The number of pyridine rings is 1. The number of alkyl halides is 3. The fraction of sp³-hybridized carbons (Fsp3) is 0.500. The summed E-state index contributed by atoms with van der Waals surface area (Å²) in [6, 6.07) is 2.39. The van der Waals surface area contributed by atoms with Crippen molar-refractivity contribution in [2.24, 2.45) is 0 Å². The second-order valence-electron chi connectivity index (χ2n) is 4.73. The van der Waals surface area contributed by atoms with Gasteiger partial charge < -0.3 is 5.32 Å². The van der Waals surface area contributed by atoms with Crippen molar-refractivity contribution in [1.82, 2.24) is 19.9 Å². The van der Waals surface area contributed by atoms with Crippen molar-refractivity contribution in [3.8, 4) is 0 Å². The highest BCUT2D eigenvalue weighted by Gasteiger charge is 2.31. The maximum absolute atomic E-state index is 12.6. The SMILES string of the molecule is FC(F)(F)c1ccc2nc(C3CCCNC3)nn2c1. The van der Waals surface area contributed by atoms with Gasteiger partial charge in [0.2, 0.25) is 0 Å². The summed E-state index contributed by atoms with van der Waals surface area (Å²) in [5, 5.41) is 7.42. The summed E-state index contributed by atoms with van der Waals surface area (Å²) in [7, 11) is 0. The molecule has 0 radical (unpaired) electrons. The molecule has 3 heterocycles. The minimum absolute atomic E-state index is 0.183. The van der Waals surface area contributed by atoms with Crippen molar-refractivity contribution in [2.45, 2.75) is 24.9 Å². The molecule has 0 aromatic carbocycles. The topological polar surface area (TPSA) is 42.2 Å². The van der Waals surface area contributed by atoms with Crippen molar-refractivity contribution in [3.63, 3.8) is 0 Å². The van der Waals surface area contributed by atoms with E-state index in [1.807, 2.05) is 0 Å². The number of aromatic nitrogens is 3. The van der Waals surface area contributed by atoms with Crippen LogP contribution in [-0.4, -0.2) is 27.7 Å². The van der Waals surface area contributed by atoms with Crippen LogP contribution in [0.2, 0.25) is 0 Å². The van der Waals surface area contributed by atoms with Gasteiger partial charge in [-0.2, -0.15) is 18.3 Å². The number of rotatable bonds is 1. The minimum Gasteiger partial charge on any atom is -0.316 e. The van der Waals surface area contributed by atoms with Crippen LogP contribution >= 0.6 is 0 Å². The van der Waals surface area contributed by atoms with Gasteiger partial charge in [-0.15, -0.1) is 0 Å². The lowest BCUT2D eigenvalue weighted by Gasteiger charge is -2.19. The first-order chi connectivity index (χ1) is 9.04. The molecule has 1 saturated heterocycles. The van der Waals surface area contributed by atoms with Gasteiger partial charge in [-0.3, -0.25) is 0 Å². The van der Waals surface area contributed by atoms with Gasteiger partial charge >= 0.3 is 6.18 Å². The van der Waals surface area contributed by atoms with Crippen molar-refractivity contribution in [1.29, 1.82) is 0 Å². The molecule has 1 aliphatic rings. The average Bonchev–Trinajstić information content (AvgIpc) is 2.81. The number of fused-ring (bicyclic) bond motifs is 1. The predicted molar refractivity (Wildman–Crippen MR) is 62.8 cm³/mol. The Morgan fingerprint density at radius 1 is 1.32 bits per heavy atom. The highest BCUT2D eigenvalue weighted by atomic mass is 19.4. The van der Waals surface area contributed by atoms with Gasteiger partial charge in [0.15, 0.2) is 11.5 Å². The summed E-state index contributed by atoms with van der Waals surface area (Å²) in [4.78, 5) is 4.30. The van der Waals surface area contributed by atoms with Crippen LogP contribution in [0.4, 0.5) is 13.2 Å². The molecule has 2 aromatic heterocycles. The van der Waals surface area contributed by atoms with Gasteiger partial charge in [-0.25, -0.2) is 9.50 Å². The van der Waals surface area contributed by atoms with Gasteiger partial charge in [-0.1, -0.05) is 0 Å². The van der Waals surface area contributed by atoms with Gasteiger partial charge in [0.1, 0.15) is 0 Å². The summed E-state index contributed by atoms with van der Waals surface area (Å²) in [6.45, 7) is 1.76. The van der Waals surface area contributed by atoms with Crippen LogP contribution in [0.25, 0.3) is 5.65 Å². The molecular formula is C12H13F3N4. The maximum atomic E-state index is 12.6. The second kappa shape index (κ2) is 4.48. The minimum atomic E-state index is -4.35. The van der Waals surface area contributed by atoms with Crippen LogP contribution in [-0.2, 0) is 6.18 Å². The predicted octanol–water partition coefficient (Wildman–Crippen LogP) is 2.22. The van der Waals surface area contributed by atoms with E-state index in [1.54, 1.807) is 0 Å². The Kier molecular flexibility index (Phi) is 2.93. The van der Waals surface area contributed by atoms with E-state index in [9.17, 15) is 13.2 Å². The molecule has 0 bridgehead atoms. The summed E-state index contributed by atoms with van der Waals surface area (Å²) < 4.78 is 39.0. The van der Waals surface area contributed by atoms with Gasteiger partial charge in [-0.05, 0) is 31.5 Å². The van der Waals surface area contributed by atoms with Gasteiger partial charge in [0, 0.05) is 18.7 Å². The first-order valence-corrected chi connectivity index (χ1v) is 6.18. The maximum Gasteiger partial charge on any atom is 0.417 e. The van der Waals surface area contributed by atoms with Gasteiger partial charge in [0.05, 0.1) is 5.56 Å². The zero-order valence-corrected chi connectivity index (χ0v) is 10.1. The first-order valence-electron chi connectivity index (χ1n) is 6.18. The van der Waals surface area contributed by atoms with Crippen LogP contribution in [0.1, 0.15) is 30.1 Å². The third-order valence-corrected chi connectivity index (χ3v) is 3.34. The van der Waals surface area contributed by atoms with E-state index in [4.69, 9.17) is 0 Å². The molecule has 3 rings (SSSR count). The largest absolute Gasteiger partial charge is 0.417 e. The monoisotopic (exact) mass is 270 g/mol. The Morgan fingerprint density at radius 3 is 2.84 bits per heavy atom. The van der Waals surface area contributed by atoms with E-state index < -0.39 is 11.7 Å². The Morgan fingerprint density at radius 2 is 2.16 bits per heavy atom. The van der Waals surface area contributed by atoms with Crippen molar-refractivity contribution in [2.75, 3.05) is 13.1 Å². The first kappa shape index (κ1) is 12.4. The number of hydrogen-bond donors (Lipinski definition) is 1. The molecule has 2 aromatic rings. The quantitative estimate of drug-likeness (QED) is 0.864. The number of nitrogens with one attached hydrogen (secondary N) is 1. The molecule has 1 fully saturated rings. The van der Waals surface area contributed by atoms with Crippen molar-refractivity contribution in [3.05, 3.63) is 29.7 Å². The molecule has 1 atom stereocenters. The molecule has 0 spiro atoms. The van der Waals surface area contributed by atoms with E-state index in [2.05, 4.69) is 15.4 Å². The molecular weight excluding hydrogens is 257 g/mol. The van der Waals surface area contributed by atoms with E-state index >= 15 is 0 Å². The summed E-state index contributed by atoms with van der Waals surface area (Å²) >= 11 is 0. The second-order valence-corrected chi connectivity index (χ2v) is 4.73. The third kappa shape index (κ3) is 2.42. The Balaban J connectivity index is 1.96. The Labute approximate surface area is 107 Å². The van der Waals surface area contributed by atoms with E-state index in [-0.39, 0.29) is 5.92 Å². The van der Waals surface area contributed by atoms with Crippen LogP contribution in [0.3, 0.4) is 0 Å². The Hall–Kier alpha value is -1.63. The average molecular weight is 270 g/mol. The number of piperidine rings is 1. The zero-order valence-electron chi connectivity index (χ0n) is 10.1.